The average molecular weight is 424 g/mol. The van der Waals surface area contributed by atoms with Gasteiger partial charge >= 0.3 is 0 Å². The zero-order chi connectivity index (χ0) is 22.2. The van der Waals surface area contributed by atoms with E-state index in [9.17, 15) is 5.11 Å². The molecule has 0 saturated heterocycles. The second-order valence-electron chi connectivity index (χ2n) is 8.17. The van der Waals surface area contributed by atoms with Crippen LogP contribution < -0.4 is 10.6 Å². The molecule has 5 aromatic rings. The predicted molar refractivity (Wildman–Crippen MR) is 135 cm³/mol. The Bertz CT molecular complexity index is 1710. The quantitative estimate of drug-likeness (QED) is 0.371. The Kier molecular flexibility index (Phi) is 4.63. The molecule has 1 heterocycles. The summed E-state index contributed by atoms with van der Waals surface area (Å²) in [5, 5.41) is 16.9. The van der Waals surface area contributed by atoms with Crippen LogP contribution in [0.15, 0.2) is 120 Å². The van der Waals surface area contributed by atoms with Gasteiger partial charge in [-0.2, -0.15) is 0 Å². The summed E-state index contributed by atoms with van der Waals surface area (Å²) in [7, 11) is 0. The van der Waals surface area contributed by atoms with Crippen molar-refractivity contribution in [3.63, 3.8) is 0 Å². The highest BCUT2D eigenvalue weighted by Crippen LogP contribution is 2.32. The molecule has 2 heteroatoms. The Morgan fingerprint density at radius 3 is 1.97 bits per heavy atom. The third kappa shape index (κ3) is 3.33. The molecule has 0 bridgehead atoms. The molecule has 0 amide bonds. The minimum atomic E-state index is 0.276. The smallest absolute Gasteiger partial charge is 0.130 e. The number of benzene rings is 5. The number of rotatable bonds is 3. The van der Waals surface area contributed by atoms with Crippen LogP contribution in [0, 0.1) is 10.4 Å². The molecule has 6 rings (SSSR count). The first-order chi connectivity index (χ1) is 16.3. The van der Waals surface area contributed by atoms with Crippen LogP contribution in [-0.2, 0) is 0 Å². The predicted octanol–water partition coefficient (Wildman–Crippen LogP) is 6.01. The molecule has 156 valence electrons. The molecule has 0 saturated carbocycles. The Morgan fingerprint density at radius 1 is 0.606 bits per heavy atom. The molecular weight excluding hydrogens is 402 g/mol. The Morgan fingerprint density at radius 2 is 1.24 bits per heavy atom. The normalized spacial score (nSPS) is 12.2. The average Bonchev–Trinajstić information content (AvgIpc) is 3.26. The van der Waals surface area contributed by atoms with Crippen LogP contribution in [-0.4, -0.2) is 5.11 Å². The van der Waals surface area contributed by atoms with Gasteiger partial charge in [0.2, 0.25) is 0 Å². The van der Waals surface area contributed by atoms with Gasteiger partial charge in [0.05, 0.1) is 11.0 Å². The maximum atomic E-state index is 11.1. The fourth-order valence-electron chi connectivity index (χ4n) is 4.55. The Labute approximate surface area is 191 Å². The first kappa shape index (κ1) is 19.3. The van der Waals surface area contributed by atoms with Crippen LogP contribution >= 0.6 is 0 Å². The van der Waals surface area contributed by atoms with Gasteiger partial charge in [-0.25, -0.2) is 4.99 Å². The van der Waals surface area contributed by atoms with Crippen molar-refractivity contribution >= 4 is 28.1 Å². The zero-order valence-electron chi connectivity index (χ0n) is 17.9. The maximum Gasteiger partial charge on any atom is 0.130 e. The molecule has 0 radical (unpaired) electrons. The van der Waals surface area contributed by atoms with Gasteiger partial charge in [0, 0.05) is 26.4 Å². The van der Waals surface area contributed by atoms with Crippen molar-refractivity contribution in [2.45, 2.75) is 0 Å². The summed E-state index contributed by atoms with van der Waals surface area (Å²) in [5.41, 5.74) is 4.31. The molecule has 0 spiro atoms. The van der Waals surface area contributed by atoms with Crippen molar-refractivity contribution in [1.29, 1.82) is 0 Å². The van der Waals surface area contributed by atoms with Gasteiger partial charge in [-0.3, -0.25) is 0 Å². The summed E-state index contributed by atoms with van der Waals surface area (Å²) >= 11 is 0. The lowest BCUT2D eigenvalue weighted by Crippen LogP contribution is -2.00. The van der Waals surface area contributed by atoms with E-state index in [0.29, 0.717) is 0 Å². The van der Waals surface area contributed by atoms with E-state index < -0.39 is 0 Å². The third-order valence-electron chi connectivity index (χ3n) is 6.20. The van der Waals surface area contributed by atoms with Gasteiger partial charge in [-0.15, -0.1) is 0 Å². The Hall–Kier alpha value is -4.43. The second-order valence-corrected chi connectivity index (χ2v) is 8.17. The number of nitrogens with zero attached hydrogens (tertiary/aromatic N) is 1. The number of hydrogen-bond donors (Lipinski definition) is 1. The van der Waals surface area contributed by atoms with E-state index in [0.717, 1.165) is 54.2 Å². The van der Waals surface area contributed by atoms with E-state index in [1.165, 1.54) is 0 Å². The highest BCUT2D eigenvalue weighted by molar-refractivity contribution is 5.97. The standard InChI is InChI=1S/C31H21NO/c33-31-23(15-17-24(21-9-3-1-4-10-21)22-11-5-2-6-12-22)16-18-27-28(31)20-19-26-25-13-7-8-14-29(25)32-30(26)27/h1-20,33H/b23-15+. The Balaban J connectivity index is 1.54. The van der Waals surface area contributed by atoms with Crippen LogP contribution in [0.1, 0.15) is 11.1 Å². The van der Waals surface area contributed by atoms with E-state index in [1.807, 2.05) is 72.8 Å². The molecule has 5 aromatic carbocycles. The lowest BCUT2D eigenvalue weighted by molar-refractivity contribution is 0.477. The number of aromatic hydroxyl groups is 1. The molecular formula is C31H21NO. The van der Waals surface area contributed by atoms with Gasteiger partial charge in [-0.1, -0.05) is 109 Å². The lowest BCUT2D eigenvalue weighted by atomic mass is 9.97. The van der Waals surface area contributed by atoms with Crippen LogP contribution in [0.4, 0.5) is 5.69 Å². The fraction of sp³-hybridized carbons (Fsp3) is 0. The fourth-order valence-corrected chi connectivity index (χ4v) is 4.55. The molecule has 1 aliphatic heterocycles. The number of allylic oxidation sites excluding steroid dienone is 1. The van der Waals surface area contributed by atoms with Crippen LogP contribution in [0.2, 0.25) is 0 Å². The number of phenols is 1. The minimum absolute atomic E-state index is 0.276. The molecule has 1 N–H and O–H groups in total. The molecule has 33 heavy (non-hydrogen) atoms. The van der Waals surface area contributed by atoms with Gasteiger partial charge in [0.1, 0.15) is 5.75 Å². The van der Waals surface area contributed by atoms with Crippen molar-refractivity contribution in [1.82, 2.24) is 0 Å². The molecule has 0 unspecified atom stereocenters. The SMILES string of the molecule is Oc1/c(=C/C=C(c2ccccc2)c2ccccc2)ccc2c3c(ccc12)=c1ccccc1=N3. The topological polar surface area (TPSA) is 32.6 Å². The van der Waals surface area contributed by atoms with Crippen LogP contribution in [0.5, 0.6) is 5.75 Å². The van der Waals surface area contributed by atoms with E-state index in [4.69, 9.17) is 4.99 Å². The first-order valence-electron chi connectivity index (χ1n) is 11.1. The number of fused-ring (bicyclic) bond motifs is 4. The third-order valence-corrected chi connectivity index (χ3v) is 6.20. The summed E-state index contributed by atoms with van der Waals surface area (Å²) < 4.78 is 0. The van der Waals surface area contributed by atoms with Crippen molar-refractivity contribution < 1.29 is 5.11 Å². The largest absolute Gasteiger partial charge is 0.507 e. The summed E-state index contributed by atoms with van der Waals surface area (Å²) in [4.78, 5) is 4.83. The van der Waals surface area contributed by atoms with E-state index in [2.05, 4.69) is 48.5 Å². The lowest BCUT2D eigenvalue weighted by Gasteiger charge is -2.08. The molecule has 0 aromatic heterocycles. The number of para-hydroxylation sites is 1. The van der Waals surface area contributed by atoms with E-state index >= 15 is 0 Å². The summed E-state index contributed by atoms with van der Waals surface area (Å²) in [5.74, 6) is 0.276. The van der Waals surface area contributed by atoms with Gasteiger partial charge < -0.3 is 5.11 Å². The molecule has 0 aliphatic carbocycles. The first-order valence-corrected chi connectivity index (χ1v) is 11.1. The monoisotopic (exact) mass is 423 g/mol. The van der Waals surface area contributed by atoms with E-state index in [-0.39, 0.29) is 5.75 Å². The van der Waals surface area contributed by atoms with Crippen LogP contribution in [0.3, 0.4) is 0 Å². The van der Waals surface area contributed by atoms with Crippen molar-refractivity contribution in [2.75, 3.05) is 0 Å². The molecule has 2 nitrogen and oxygen atoms in total. The van der Waals surface area contributed by atoms with Crippen molar-refractivity contribution in [2.24, 2.45) is 4.99 Å². The maximum absolute atomic E-state index is 11.1. The molecule has 1 aliphatic rings. The molecule has 0 atom stereocenters. The van der Waals surface area contributed by atoms with Crippen molar-refractivity contribution in [3.8, 4) is 5.75 Å². The highest BCUT2D eigenvalue weighted by atomic mass is 16.3. The minimum Gasteiger partial charge on any atom is -0.507 e. The van der Waals surface area contributed by atoms with Gasteiger partial charge in [0.15, 0.2) is 0 Å². The van der Waals surface area contributed by atoms with E-state index in [1.54, 1.807) is 0 Å². The molecule has 0 fully saturated rings. The zero-order valence-corrected chi connectivity index (χ0v) is 17.9. The second kappa shape index (κ2) is 7.92. The van der Waals surface area contributed by atoms with Gasteiger partial charge in [-0.05, 0) is 28.8 Å². The number of hydrogen-bond acceptors (Lipinski definition) is 2. The highest BCUT2D eigenvalue weighted by Gasteiger charge is 2.11. The summed E-state index contributed by atoms with van der Waals surface area (Å²) in [6, 6.07) is 36.9. The number of phenolic OH excluding ortho intramolecular Hbond substituents is 1. The van der Waals surface area contributed by atoms with Crippen molar-refractivity contribution in [3.05, 3.63) is 147 Å². The summed E-state index contributed by atoms with van der Waals surface area (Å²) in [6.45, 7) is 0. The van der Waals surface area contributed by atoms with Crippen LogP contribution in [0.25, 0.3) is 22.4 Å². The summed E-state index contributed by atoms with van der Waals surface area (Å²) in [6.07, 6.45) is 4.07. The van der Waals surface area contributed by atoms with Gasteiger partial charge in [0.25, 0.3) is 0 Å².